The Morgan fingerprint density at radius 2 is 1.59 bits per heavy atom. The molecule has 2 heteroatoms. The lowest BCUT2D eigenvalue weighted by Crippen LogP contribution is -2.57. The Hall–Kier alpha value is -0.0800. The largest absolute Gasteiger partial charge is 0.318 e. The van der Waals surface area contributed by atoms with E-state index in [9.17, 15) is 0 Å². The predicted molar refractivity (Wildman–Crippen MR) is 72.0 cm³/mol. The van der Waals surface area contributed by atoms with Crippen LogP contribution in [0.5, 0.6) is 0 Å². The Balaban J connectivity index is 1.71. The van der Waals surface area contributed by atoms with Crippen LogP contribution in [0.1, 0.15) is 39.0 Å². The SMILES string of the molecule is CNCC(C)N(C)C1C2CC3CC(C2)CC1C3. The standard InChI is InChI=1S/C15H28N2/c1-10(9-16-2)17(3)15-13-5-11-4-12(7-13)8-14(15)6-11/h10-16H,4-9H2,1-3H3. The fraction of sp³-hybridized carbons (Fsp3) is 1.00. The van der Waals surface area contributed by atoms with Crippen LogP contribution in [0.25, 0.3) is 0 Å². The molecule has 0 aromatic carbocycles. The van der Waals surface area contributed by atoms with Crippen molar-refractivity contribution in [2.24, 2.45) is 23.7 Å². The summed E-state index contributed by atoms with van der Waals surface area (Å²) in [6.07, 6.45) is 7.71. The Labute approximate surface area is 106 Å². The van der Waals surface area contributed by atoms with E-state index in [2.05, 4.69) is 31.2 Å². The Morgan fingerprint density at radius 1 is 1.06 bits per heavy atom. The molecule has 17 heavy (non-hydrogen) atoms. The normalized spacial score (nSPS) is 45.5. The molecule has 1 N–H and O–H groups in total. The lowest BCUT2D eigenvalue weighted by Gasteiger charge is -2.57. The minimum absolute atomic E-state index is 0.683. The van der Waals surface area contributed by atoms with E-state index >= 15 is 0 Å². The van der Waals surface area contributed by atoms with Crippen molar-refractivity contribution in [2.75, 3.05) is 20.6 Å². The quantitative estimate of drug-likeness (QED) is 0.806. The molecule has 0 aromatic heterocycles. The zero-order valence-corrected chi connectivity index (χ0v) is 11.7. The first kappa shape index (κ1) is 12.0. The van der Waals surface area contributed by atoms with Crippen LogP contribution in [0.15, 0.2) is 0 Å². The molecule has 0 aromatic rings. The molecule has 4 aliphatic carbocycles. The van der Waals surface area contributed by atoms with Crippen molar-refractivity contribution in [3.05, 3.63) is 0 Å². The van der Waals surface area contributed by atoms with Gasteiger partial charge in [-0.05, 0) is 76.8 Å². The highest BCUT2D eigenvalue weighted by molar-refractivity contribution is 5.02. The number of likely N-dealkylation sites (N-methyl/N-ethyl adjacent to an activating group) is 2. The van der Waals surface area contributed by atoms with Crippen LogP contribution in [0, 0.1) is 23.7 Å². The van der Waals surface area contributed by atoms with Crippen LogP contribution in [-0.4, -0.2) is 37.6 Å². The molecule has 98 valence electrons. The summed E-state index contributed by atoms with van der Waals surface area (Å²) in [6.45, 7) is 3.50. The first-order valence-corrected chi connectivity index (χ1v) is 7.55. The Kier molecular flexibility index (Phi) is 3.20. The van der Waals surface area contributed by atoms with Gasteiger partial charge in [0.25, 0.3) is 0 Å². The third-order valence-electron chi connectivity index (χ3n) is 5.84. The topological polar surface area (TPSA) is 15.3 Å². The Morgan fingerprint density at radius 3 is 2.06 bits per heavy atom. The lowest BCUT2D eigenvalue weighted by atomic mass is 9.54. The van der Waals surface area contributed by atoms with Crippen LogP contribution < -0.4 is 5.32 Å². The molecule has 0 radical (unpaired) electrons. The Bertz CT molecular complexity index is 248. The first-order chi connectivity index (χ1) is 8.19. The van der Waals surface area contributed by atoms with Crippen molar-refractivity contribution < 1.29 is 0 Å². The van der Waals surface area contributed by atoms with E-state index in [-0.39, 0.29) is 0 Å². The van der Waals surface area contributed by atoms with Crippen molar-refractivity contribution in [1.29, 1.82) is 0 Å². The highest BCUT2D eigenvalue weighted by atomic mass is 15.2. The maximum Gasteiger partial charge on any atom is 0.0192 e. The molecule has 0 amide bonds. The van der Waals surface area contributed by atoms with Gasteiger partial charge in [-0.2, -0.15) is 0 Å². The van der Waals surface area contributed by atoms with E-state index in [0.717, 1.165) is 36.3 Å². The third-order valence-corrected chi connectivity index (χ3v) is 5.84. The summed E-state index contributed by atoms with van der Waals surface area (Å²) in [5.74, 6) is 4.25. The van der Waals surface area contributed by atoms with E-state index in [4.69, 9.17) is 0 Å². The smallest absolute Gasteiger partial charge is 0.0192 e. The van der Waals surface area contributed by atoms with Crippen LogP contribution in [0.3, 0.4) is 0 Å². The second-order valence-corrected chi connectivity index (χ2v) is 6.99. The molecule has 1 unspecified atom stereocenters. The van der Waals surface area contributed by atoms with Gasteiger partial charge in [0.15, 0.2) is 0 Å². The number of hydrogen-bond acceptors (Lipinski definition) is 2. The number of hydrogen-bond donors (Lipinski definition) is 1. The second kappa shape index (κ2) is 4.55. The average Bonchev–Trinajstić information content (AvgIpc) is 2.27. The van der Waals surface area contributed by atoms with Gasteiger partial charge in [0.2, 0.25) is 0 Å². The molecule has 0 saturated heterocycles. The van der Waals surface area contributed by atoms with E-state index in [1.165, 1.54) is 25.7 Å². The van der Waals surface area contributed by atoms with Crippen molar-refractivity contribution in [3.8, 4) is 0 Å². The van der Waals surface area contributed by atoms with Crippen molar-refractivity contribution in [3.63, 3.8) is 0 Å². The second-order valence-electron chi connectivity index (χ2n) is 6.99. The lowest BCUT2D eigenvalue weighted by molar-refractivity contribution is -0.0670. The summed E-state index contributed by atoms with van der Waals surface area (Å²) in [5.41, 5.74) is 0. The summed E-state index contributed by atoms with van der Waals surface area (Å²) in [5, 5.41) is 3.33. The molecule has 1 atom stereocenters. The molecule has 2 nitrogen and oxygen atoms in total. The van der Waals surface area contributed by atoms with Gasteiger partial charge in [0.05, 0.1) is 0 Å². The summed E-state index contributed by atoms with van der Waals surface area (Å²) in [4.78, 5) is 2.70. The highest BCUT2D eigenvalue weighted by Crippen LogP contribution is 2.55. The average molecular weight is 236 g/mol. The van der Waals surface area contributed by atoms with Gasteiger partial charge in [0, 0.05) is 18.6 Å². The summed E-state index contributed by atoms with van der Waals surface area (Å²) >= 11 is 0. The molecule has 4 saturated carbocycles. The summed E-state index contributed by atoms with van der Waals surface area (Å²) in [7, 11) is 4.44. The molecular formula is C15H28N2. The molecule has 4 aliphatic rings. The van der Waals surface area contributed by atoms with Gasteiger partial charge in [-0.15, -0.1) is 0 Å². The molecule has 4 fully saturated rings. The van der Waals surface area contributed by atoms with Crippen molar-refractivity contribution in [2.45, 2.75) is 51.1 Å². The van der Waals surface area contributed by atoms with Gasteiger partial charge in [0.1, 0.15) is 0 Å². The van der Waals surface area contributed by atoms with Crippen molar-refractivity contribution in [1.82, 2.24) is 10.2 Å². The van der Waals surface area contributed by atoms with Gasteiger partial charge >= 0.3 is 0 Å². The molecular weight excluding hydrogens is 208 g/mol. The zero-order valence-electron chi connectivity index (χ0n) is 11.7. The van der Waals surface area contributed by atoms with Crippen LogP contribution in [0.4, 0.5) is 0 Å². The van der Waals surface area contributed by atoms with E-state index < -0.39 is 0 Å². The number of rotatable bonds is 4. The van der Waals surface area contributed by atoms with Crippen LogP contribution in [0.2, 0.25) is 0 Å². The zero-order chi connectivity index (χ0) is 12.0. The number of nitrogens with one attached hydrogen (secondary N) is 1. The minimum Gasteiger partial charge on any atom is -0.318 e. The fourth-order valence-electron chi connectivity index (χ4n) is 5.29. The number of nitrogens with zero attached hydrogens (tertiary/aromatic N) is 1. The first-order valence-electron chi connectivity index (χ1n) is 7.55. The maximum absolute atomic E-state index is 3.33. The predicted octanol–water partition coefficient (Wildman–Crippen LogP) is 2.35. The van der Waals surface area contributed by atoms with Gasteiger partial charge in [-0.1, -0.05) is 0 Å². The van der Waals surface area contributed by atoms with E-state index in [1.54, 1.807) is 6.42 Å². The summed E-state index contributed by atoms with van der Waals surface area (Å²) in [6, 6.07) is 1.58. The summed E-state index contributed by atoms with van der Waals surface area (Å²) < 4.78 is 0. The molecule has 0 spiro atoms. The molecule has 0 aliphatic heterocycles. The van der Waals surface area contributed by atoms with Crippen LogP contribution >= 0.6 is 0 Å². The minimum atomic E-state index is 0.683. The van der Waals surface area contributed by atoms with Gasteiger partial charge < -0.3 is 5.32 Å². The molecule has 4 bridgehead atoms. The van der Waals surface area contributed by atoms with Gasteiger partial charge in [-0.25, -0.2) is 0 Å². The van der Waals surface area contributed by atoms with Crippen LogP contribution in [-0.2, 0) is 0 Å². The van der Waals surface area contributed by atoms with Crippen molar-refractivity contribution >= 4 is 0 Å². The molecule has 0 heterocycles. The fourth-order valence-corrected chi connectivity index (χ4v) is 5.29. The van der Waals surface area contributed by atoms with Gasteiger partial charge in [-0.3, -0.25) is 4.90 Å². The monoisotopic (exact) mass is 236 g/mol. The van der Waals surface area contributed by atoms with E-state index in [0.29, 0.717) is 6.04 Å². The van der Waals surface area contributed by atoms with E-state index in [1.807, 2.05) is 0 Å². The third kappa shape index (κ3) is 2.04. The maximum atomic E-state index is 3.33. The molecule has 4 rings (SSSR count). The highest BCUT2D eigenvalue weighted by Gasteiger charge is 2.49.